The highest BCUT2D eigenvalue weighted by Gasteiger charge is 2.46. The van der Waals surface area contributed by atoms with Gasteiger partial charge in [-0.05, 0) is 44.9 Å². The molecule has 4 N–H and O–H groups in total. The lowest BCUT2D eigenvalue weighted by molar-refractivity contribution is -0.297. The Balaban J connectivity index is 2.31. The van der Waals surface area contributed by atoms with Gasteiger partial charge in [0.2, 0.25) is 0 Å². The van der Waals surface area contributed by atoms with Crippen LogP contribution in [-0.2, 0) is 38.7 Å². The summed E-state index contributed by atoms with van der Waals surface area (Å²) in [5, 5.41) is 31.0. The lowest BCUT2D eigenvalue weighted by Crippen LogP contribution is -2.60. The van der Waals surface area contributed by atoms with Crippen LogP contribution in [0.25, 0.3) is 0 Å². The smallest absolute Gasteiger partial charge is 0.306 e. The molecule has 2 unspecified atom stereocenters. The fraction of sp³-hybridized carbons (Fsp3) is 0.893. The summed E-state index contributed by atoms with van der Waals surface area (Å²) in [7, 11) is -4.61. The minimum atomic E-state index is -4.61. The predicted octanol–water partition coefficient (Wildman–Crippen LogP) is 13.5. The van der Waals surface area contributed by atoms with Gasteiger partial charge in [0.05, 0.1) is 6.61 Å². The Labute approximate surface area is 421 Å². The van der Waals surface area contributed by atoms with Gasteiger partial charge in [0.1, 0.15) is 36.8 Å². The van der Waals surface area contributed by atoms with E-state index in [1.807, 2.05) is 0 Å². The van der Waals surface area contributed by atoms with Gasteiger partial charge in [-0.25, -0.2) is 0 Å². The van der Waals surface area contributed by atoms with Crippen LogP contribution in [0, 0.1) is 0 Å². The molecule has 0 saturated carbocycles. The Morgan fingerprint density at radius 2 is 0.870 bits per heavy atom. The molecule has 0 aromatic carbocycles. The number of hydrogen-bond acceptors (Lipinski definition) is 11. The Kier molecular flexibility index (Phi) is 43.4. The Bertz CT molecular complexity index is 1360. The maximum absolute atomic E-state index is 12.9. The van der Waals surface area contributed by atoms with Gasteiger partial charge in [-0.3, -0.25) is 14.1 Å². The summed E-state index contributed by atoms with van der Waals surface area (Å²) in [5.74, 6) is -1.97. The normalized spacial score (nSPS) is 19.2. The molecule has 1 rings (SSSR count). The number of rotatable bonds is 49. The molecule has 12 nitrogen and oxygen atoms in total. The van der Waals surface area contributed by atoms with E-state index in [1.165, 1.54) is 173 Å². The van der Waals surface area contributed by atoms with Crippen molar-refractivity contribution in [1.82, 2.24) is 0 Å². The lowest BCUT2D eigenvalue weighted by Gasteiger charge is -2.40. The molecule has 6 atom stereocenters. The van der Waals surface area contributed by atoms with Crippen molar-refractivity contribution < 1.29 is 56.8 Å². The number of ether oxygens (including phenoxy) is 4. The molecule has 1 heterocycles. The van der Waals surface area contributed by atoms with E-state index in [2.05, 4.69) is 38.2 Å². The van der Waals surface area contributed by atoms with Crippen LogP contribution in [0.3, 0.4) is 0 Å². The molecule has 0 aliphatic carbocycles. The molecule has 0 aromatic heterocycles. The second-order valence-electron chi connectivity index (χ2n) is 20.0. The fourth-order valence-electron chi connectivity index (χ4n) is 8.89. The summed E-state index contributed by atoms with van der Waals surface area (Å²) in [4.78, 5) is 25.6. The molecule has 1 aliphatic rings. The maximum atomic E-state index is 12.9. The van der Waals surface area contributed by atoms with Crippen molar-refractivity contribution >= 4 is 22.1 Å². The average molecular weight is 1000 g/mol. The highest BCUT2D eigenvalue weighted by atomic mass is 32.2. The molecule has 0 amide bonds. The van der Waals surface area contributed by atoms with E-state index >= 15 is 0 Å². The number of allylic oxidation sites excluding steroid dienone is 4. The second kappa shape index (κ2) is 46.0. The number of carbonyl (C=O) groups is 2. The molecule has 1 aliphatic heterocycles. The minimum Gasteiger partial charge on any atom is -0.462 e. The SMILES string of the molecule is CCCCC/C=C/C/C=C/CCCCCCCCCCCC(=O)O[C@H](COC(=O)CCCCCCCCCCCCCCCCCCCCCCCC)CO[C@H]1O[C@H](CS(=O)(=O)O)[C@@H](O)C(O)C1O. The van der Waals surface area contributed by atoms with Gasteiger partial charge < -0.3 is 34.3 Å². The van der Waals surface area contributed by atoms with Crippen molar-refractivity contribution in [2.75, 3.05) is 19.0 Å². The lowest BCUT2D eigenvalue weighted by atomic mass is 10.00. The van der Waals surface area contributed by atoms with E-state index in [0.717, 1.165) is 51.4 Å². The minimum absolute atomic E-state index is 0.163. The van der Waals surface area contributed by atoms with Gasteiger partial charge in [-0.2, -0.15) is 8.42 Å². The number of carbonyl (C=O) groups excluding carboxylic acids is 2. The third-order valence-corrected chi connectivity index (χ3v) is 14.0. The molecule has 0 bridgehead atoms. The highest BCUT2D eigenvalue weighted by molar-refractivity contribution is 7.85. The summed E-state index contributed by atoms with van der Waals surface area (Å²) in [6.07, 6.45) is 45.0. The zero-order chi connectivity index (χ0) is 50.5. The molecule has 0 aromatic rings. The first-order valence-corrected chi connectivity index (χ1v) is 30.0. The summed E-state index contributed by atoms with van der Waals surface area (Å²) < 4.78 is 54.4. The zero-order valence-corrected chi connectivity index (χ0v) is 44.8. The third kappa shape index (κ3) is 40.3. The monoisotopic (exact) mass is 1000 g/mol. The van der Waals surface area contributed by atoms with Crippen molar-refractivity contribution in [3.05, 3.63) is 24.3 Å². The number of unbranched alkanes of at least 4 members (excludes halogenated alkanes) is 33. The number of hydrogen-bond donors (Lipinski definition) is 4. The van der Waals surface area contributed by atoms with Gasteiger partial charge in [0.15, 0.2) is 12.4 Å². The second-order valence-corrected chi connectivity index (χ2v) is 21.5. The number of aliphatic hydroxyl groups excluding tert-OH is 3. The van der Waals surface area contributed by atoms with Crippen LogP contribution in [0.4, 0.5) is 0 Å². The highest BCUT2D eigenvalue weighted by Crippen LogP contribution is 2.24. The molecular weight excluding hydrogens is 897 g/mol. The Morgan fingerprint density at radius 1 is 0.493 bits per heavy atom. The molecule has 406 valence electrons. The van der Waals surface area contributed by atoms with E-state index in [9.17, 15) is 37.9 Å². The Hall–Kier alpha value is -1.87. The van der Waals surface area contributed by atoms with Crippen molar-refractivity contribution in [3.63, 3.8) is 0 Å². The molecule has 1 saturated heterocycles. The largest absolute Gasteiger partial charge is 0.462 e. The zero-order valence-electron chi connectivity index (χ0n) is 43.9. The van der Waals surface area contributed by atoms with E-state index < -0.39 is 71.2 Å². The number of esters is 2. The fourth-order valence-corrected chi connectivity index (χ4v) is 9.58. The molecule has 1 fully saturated rings. The van der Waals surface area contributed by atoms with Gasteiger partial charge in [0.25, 0.3) is 10.1 Å². The molecular formula is C56H104O12S. The topological polar surface area (TPSA) is 186 Å². The third-order valence-electron chi connectivity index (χ3n) is 13.3. The van der Waals surface area contributed by atoms with E-state index in [4.69, 9.17) is 18.9 Å². The average Bonchev–Trinajstić information content (AvgIpc) is 3.32. The van der Waals surface area contributed by atoms with Crippen LogP contribution in [0.2, 0.25) is 0 Å². The Morgan fingerprint density at radius 3 is 1.30 bits per heavy atom. The maximum Gasteiger partial charge on any atom is 0.306 e. The van der Waals surface area contributed by atoms with Crippen LogP contribution in [0.5, 0.6) is 0 Å². The van der Waals surface area contributed by atoms with Gasteiger partial charge in [-0.1, -0.05) is 231 Å². The quantitative estimate of drug-likeness (QED) is 0.0196. The van der Waals surface area contributed by atoms with Crippen LogP contribution in [0.1, 0.15) is 264 Å². The van der Waals surface area contributed by atoms with Crippen molar-refractivity contribution in [1.29, 1.82) is 0 Å². The van der Waals surface area contributed by atoms with Crippen LogP contribution in [-0.4, -0.2) is 96.0 Å². The summed E-state index contributed by atoms with van der Waals surface area (Å²) in [5.41, 5.74) is 0. The van der Waals surface area contributed by atoms with Crippen LogP contribution < -0.4 is 0 Å². The van der Waals surface area contributed by atoms with E-state index in [0.29, 0.717) is 12.8 Å². The number of aliphatic hydroxyl groups is 3. The van der Waals surface area contributed by atoms with Gasteiger partial charge in [-0.15, -0.1) is 0 Å². The summed E-state index contributed by atoms with van der Waals surface area (Å²) >= 11 is 0. The first-order valence-electron chi connectivity index (χ1n) is 28.4. The first-order chi connectivity index (χ1) is 33.5. The molecule has 13 heteroatoms. The first kappa shape index (κ1) is 65.1. The van der Waals surface area contributed by atoms with Crippen LogP contribution in [0.15, 0.2) is 24.3 Å². The summed E-state index contributed by atoms with van der Waals surface area (Å²) in [6.45, 7) is 3.79. The van der Waals surface area contributed by atoms with E-state index in [1.54, 1.807) is 0 Å². The molecule has 69 heavy (non-hydrogen) atoms. The van der Waals surface area contributed by atoms with Gasteiger partial charge in [0, 0.05) is 12.8 Å². The molecule has 0 spiro atoms. The molecule has 0 radical (unpaired) electrons. The van der Waals surface area contributed by atoms with Crippen molar-refractivity contribution in [3.8, 4) is 0 Å². The standard InChI is InChI=1S/C56H104O12S/c1-3-5-7-9-11-13-15-17-19-21-23-24-25-27-28-30-32-34-36-38-40-42-44-51(57)65-46-49(47-66-56-55(61)54(60)53(59)50(68-56)48-69(62,63)64)67-52(58)45-43-41-39-37-35-33-31-29-26-22-20-18-16-14-12-10-8-6-4-2/h12,14,18,20,49-50,53-56,59-61H,3-11,13,15-17,19,21-48H2,1-2H3,(H,62,63,64)/b14-12+,20-18+/t49-,50-,53-,54?,55?,56+/m1/s1. The van der Waals surface area contributed by atoms with Crippen molar-refractivity contribution in [2.45, 2.75) is 301 Å². The van der Waals surface area contributed by atoms with E-state index in [-0.39, 0.29) is 19.4 Å². The summed E-state index contributed by atoms with van der Waals surface area (Å²) in [6, 6.07) is 0. The van der Waals surface area contributed by atoms with Crippen molar-refractivity contribution in [2.24, 2.45) is 0 Å². The van der Waals surface area contributed by atoms with Crippen LogP contribution >= 0.6 is 0 Å². The predicted molar refractivity (Wildman–Crippen MR) is 280 cm³/mol. The van der Waals surface area contributed by atoms with Gasteiger partial charge >= 0.3 is 11.9 Å².